The molecule has 4 nitrogen and oxygen atoms in total. The lowest BCUT2D eigenvalue weighted by atomic mass is 9.60. The number of hydrogen-bond donors (Lipinski definition) is 2. The van der Waals surface area contributed by atoms with Crippen LogP contribution in [0, 0.1) is 5.41 Å². The number of amides is 1. The zero-order valence-corrected chi connectivity index (χ0v) is 9.91. The monoisotopic (exact) mass is 223 g/mol. The molecular weight excluding hydrogens is 202 g/mol. The third-order valence-corrected chi connectivity index (χ3v) is 4.44. The van der Waals surface area contributed by atoms with E-state index in [0.717, 1.165) is 25.2 Å². The highest BCUT2D eigenvalue weighted by Crippen LogP contribution is 2.49. The second-order valence-corrected chi connectivity index (χ2v) is 6.03. The van der Waals surface area contributed by atoms with Crippen LogP contribution in [-0.4, -0.2) is 42.0 Å². The van der Waals surface area contributed by atoms with Gasteiger partial charge in [-0.1, -0.05) is 0 Å². The van der Waals surface area contributed by atoms with Crippen LogP contribution in [-0.2, 0) is 4.79 Å². The van der Waals surface area contributed by atoms with E-state index < -0.39 is 0 Å². The first kappa shape index (κ1) is 10.5. The van der Waals surface area contributed by atoms with Gasteiger partial charge in [-0.25, -0.2) is 0 Å². The molecule has 1 atom stereocenters. The molecule has 0 radical (unpaired) electrons. The molecule has 0 aromatic carbocycles. The molecule has 4 heteroatoms. The minimum absolute atomic E-state index is 0.0823. The van der Waals surface area contributed by atoms with Crippen LogP contribution < -0.4 is 11.1 Å². The summed E-state index contributed by atoms with van der Waals surface area (Å²) in [5.74, 6) is -0.193. The fraction of sp³-hybridized carbons (Fsp3) is 0.917. The standard InChI is InChI=1S/C12H21N3O/c1-8(11(13)16)15-6-12(7-15)4-10(5-12)14-9-2-3-9/h8-10,14H,2-7H2,1H3,(H2,13,16). The van der Waals surface area contributed by atoms with Gasteiger partial charge in [0.2, 0.25) is 5.91 Å². The van der Waals surface area contributed by atoms with E-state index in [1.54, 1.807) is 0 Å². The summed E-state index contributed by atoms with van der Waals surface area (Å²) in [4.78, 5) is 13.2. The van der Waals surface area contributed by atoms with Crippen molar-refractivity contribution in [2.75, 3.05) is 13.1 Å². The molecule has 2 aliphatic carbocycles. The van der Waals surface area contributed by atoms with Crippen molar-refractivity contribution in [3.63, 3.8) is 0 Å². The summed E-state index contributed by atoms with van der Waals surface area (Å²) in [7, 11) is 0. The molecule has 1 amide bonds. The predicted octanol–water partition coefficient (Wildman–Crippen LogP) is 0.0766. The lowest BCUT2D eigenvalue weighted by molar-refractivity contribution is -0.135. The minimum atomic E-state index is -0.193. The summed E-state index contributed by atoms with van der Waals surface area (Å²) in [6.07, 6.45) is 5.33. The summed E-state index contributed by atoms with van der Waals surface area (Å²) < 4.78 is 0. The summed E-state index contributed by atoms with van der Waals surface area (Å²) in [5.41, 5.74) is 5.83. The maximum atomic E-state index is 11.0. The lowest BCUT2D eigenvalue weighted by Gasteiger charge is -2.60. The fourth-order valence-electron chi connectivity index (χ4n) is 3.21. The Morgan fingerprint density at radius 3 is 2.50 bits per heavy atom. The van der Waals surface area contributed by atoms with Crippen molar-refractivity contribution in [2.24, 2.45) is 11.1 Å². The highest BCUT2D eigenvalue weighted by atomic mass is 16.1. The van der Waals surface area contributed by atoms with E-state index in [9.17, 15) is 4.79 Å². The van der Waals surface area contributed by atoms with E-state index in [0.29, 0.717) is 5.41 Å². The van der Waals surface area contributed by atoms with E-state index in [2.05, 4.69) is 10.2 Å². The lowest BCUT2D eigenvalue weighted by Crippen LogP contribution is -2.69. The Morgan fingerprint density at radius 2 is 2.00 bits per heavy atom. The van der Waals surface area contributed by atoms with Gasteiger partial charge in [-0.05, 0) is 38.0 Å². The van der Waals surface area contributed by atoms with Crippen molar-refractivity contribution in [3.05, 3.63) is 0 Å². The van der Waals surface area contributed by atoms with Crippen LogP contribution in [0.3, 0.4) is 0 Å². The number of hydrogen-bond acceptors (Lipinski definition) is 3. The summed E-state index contributed by atoms with van der Waals surface area (Å²) in [6.45, 7) is 4.05. The first-order valence-electron chi connectivity index (χ1n) is 6.37. The fourth-order valence-corrected chi connectivity index (χ4v) is 3.21. The second-order valence-electron chi connectivity index (χ2n) is 6.03. The topological polar surface area (TPSA) is 58.4 Å². The van der Waals surface area contributed by atoms with E-state index in [-0.39, 0.29) is 11.9 Å². The molecule has 0 aromatic rings. The minimum Gasteiger partial charge on any atom is -0.368 e. The Hall–Kier alpha value is -0.610. The Bertz CT molecular complexity index is 299. The Labute approximate surface area is 96.5 Å². The first-order valence-corrected chi connectivity index (χ1v) is 6.37. The Kier molecular flexibility index (Phi) is 2.27. The highest BCUT2D eigenvalue weighted by molar-refractivity contribution is 5.79. The van der Waals surface area contributed by atoms with Crippen molar-refractivity contribution >= 4 is 5.91 Å². The molecule has 3 N–H and O–H groups in total. The number of nitrogens with zero attached hydrogens (tertiary/aromatic N) is 1. The SMILES string of the molecule is CC(C(N)=O)N1CC2(CC(NC3CC3)C2)C1. The molecule has 1 aliphatic heterocycles. The van der Waals surface area contributed by atoms with Crippen molar-refractivity contribution in [3.8, 4) is 0 Å². The molecule has 3 aliphatic rings. The van der Waals surface area contributed by atoms with Crippen LogP contribution in [0.2, 0.25) is 0 Å². The van der Waals surface area contributed by atoms with Crippen LogP contribution in [0.5, 0.6) is 0 Å². The largest absolute Gasteiger partial charge is 0.368 e. The number of rotatable bonds is 4. The molecule has 1 saturated heterocycles. The molecule has 1 spiro atoms. The van der Waals surface area contributed by atoms with Gasteiger partial charge in [0.25, 0.3) is 0 Å². The molecule has 1 unspecified atom stereocenters. The van der Waals surface area contributed by atoms with E-state index >= 15 is 0 Å². The quantitative estimate of drug-likeness (QED) is 0.709. The summed E-state index contributed by atoms with van der Waals surface area (Å²) >= 11 is 0. The van der Waals surface area contributed by atoms with Crippen molar-refractivity contribution in [1.29, 1.82) is 0 Å². The van der Waals surface area contributed by atoms with Gasteiger partial charge in [0, 0.05) is 25.2 Å². The smallest absolute Gasteiger partial charge is 0.234 e. The Morgan fingerprint density at radius 1 is 1.38 bits per heavy atom. The van der Waals surface area contributed by atoms with Gasteiger partial charge in [-0.3, -0.25) is 9.69 Å². The van der Waals surface area contributed by atoms with Crippen LogP contribution >= 0.6 is 0 Å². The summed E-state index contributed by atoms with van der Waals surface area (Å²) in [6, 6.07) is 1.49. The number of nitrogens with one attached hydrogen (secondary N) is 1. The normalized spacial score (nSPS) is 30.8. The molecule has 1 heterocycles. The summed E-state index contributed by atoms with van der Waals surface area (Å²) in [5, 5.41) is 3.67. The highest BCUT2D eigenvalue weighted by Gasteiger charge is 2.54. The van der Waals surface area contributed by atoms with Gasteiger partial charge in [-0.15, -0.1) is 0 Å². The number of nitrogens with two attached hydrogens (primary N) is 1. The van der Waals surface area contributed by atoms with Gasteiger partial charge in [0.15, 0.2) is 0 Å². The number of likely N-dealkylation sites (tertiary alicyclic amines) is 1. The number of primary amides is 1. The molecule has 0 aromatic heterocycles. The number of carbonyl (C=O) groups is 1. The third kappa shape index (κ3) is 1.74. The second kappa shape index (κ2) is 3.44. The van der Waals surface area contributed by atoms with Crippen molar-refractivity contribution in [1.82, 2.24) is 10.2 Å². The van der Waals surface area contributed by atoms with Crippen molar-refractivity contribution < 1.29 is 4.79 Å². The van der Waals surface area contributed by atoms with Gasteiger partial charge in [0.05, 0.1) is 6.04 Å². The zero-order chi connectivity index (χ0) is 11.3. The molecular formula is C12H21N3O. The van der Waals surface area contributed by atoms with Gasteiger partial charge in [0.1, 0.15) is 0 Å². The van der Waals surface area contributed by atoms with Crippen LogP contribution in [0.4, 0.5) is 0 Å². The van der Waals surface area contributed by atoms with Gasteiger partial charge < -0.3 is 11.1 Å². The van der Waals surface area contributed by atoms with Crippen molar-refractivity contribution in [2.45, 2.75) is 50.7 Å². The third-order valence-electron chi connectivity index (χ3n) is 4.44. The first-order chi connectivity index (χ1) is 7.58. The van der Waals surface area contributed by atoms with Gasteiger partial charge >= 0.3 is 0 Å². The molecule has 90 valence electrons. The number of carbonyl (C=O) groups excluding carboxylic acids is 1. The van der Waals surface area contributed by atoms with E-state index in [4.69, 9.17) is 5.73 Å². The van der Waals surface area contributed by atoms with Crippen LogP contribution in [0.25, 0.3) is 0 Å². The molecule has 0 bridgehead atoms. The van der Waals surface area contributed by atoms with Gasteiger partial charge in [-0.2, -0.15) is 0 Å². The zero-order valence-electron chi connectivity index (χ0n) is 9.91. The average Bonchev–Trinajstić information content (AvgIpc) is 2.89. The maximum absolute atomic E-state index is 11.0. The molecule has 16 heavy (non-hydrogen) atoms. The predicted molar refractivity (Wildman–Crippen MR) is 61.8 cm³/mol. The van der Waals surface area contributed by atoms with Crippen LogP contribution in [0.15, 0.2) is 0 Å². The molecule has 3 rings (SSSR count). The maximum Gasteiger partial charge on any atom is 0.234 e. The molecule has 3 fully saturated rings. The average molecular weight is 223 g/mol. The van der Waals surface area contributed by atoms with Crippen LogP contribution in [0.1, 0.15) is 32.6 Å². The Balaban J connectivity index is 1.42. The van der Waals surface area contributed by atoms with E-state index in [1.807, 2.05) is 6.92 Å². The van der Waals surface area contributed by atoms with E-state index in [1.165, 1.54) is 25.7 Å². The molecule has 2 saturated carbocycles.